The fourth-order valence-electron chi connectivity index (χ4n) is 3.75. The first-order valence-corrected chi connectivity index (χ1v) is 11.5. The normalized spacial score (nSPS) is 13.2. The van der Waals surface area contributed by atoms with Crippen LogP contribution in [0.3, 0.4) is 0 Å². The first-order valence-electron chi connectivity index (χ1n) is 10.2. The summed E-state index contributed by atoms with van der Waals surface area (Å²) in [5, 5.41) is 9.40. The molecule has 0 aliphatic heterocycles. The summed E-state index contributed by atoms with van der Waals surface area (Å²) in [5.74, 6) is 0.285. The van der Waals surface area contributed by atoms with Gasteiger partial charge in [-0.25, -0.2) is 9.67 Å². The Hall–Kier alpha value is -3.84. The Morgan fingerprint density at radius 2 is 1.53 bits per heavy atom. The van der Waals surface area contributed by atoms with Crippen LogP contribution in [0.25, 0.3) is 22.3 Å². The number of aryl methyl sites for hydroxylation is 1. The molecule has 7 heteroatoms. The van der Waals surface area contributed by atoms with Crippen molar-refractivity contribution in [3.05, 3.63) is 108 Å². The molecule has 0 fully saturated rings. The molecule has 158 valence electrons. The van der Waals surface area contributed by atoms with Gasteiger partial charge in [0.2, 0.25) is 0 Å². The third kappa shape index (κ3) is 3.78. The van der Waals surface area contributed by atoms with Crippen LogP contribution in [0.4, 0.5) is 0 Å². The minimum atomic E-state index is -1.35. The molecule has 0 radical (unpaired) electrons. The molecule has 6 nitrogen and oxygen atoms in total. The molecule has 0 N–H and O–H groups in total. The predicted molar refractivity (Wildman–Crippen MR) is 127 cm³/mol. The van der Waals surface area contributed by atoms with Crippen molar-refractivity contribution in [1.29, 1.82) is 0 Å². The lowest BCUT2D eigenvalue weighted by Crippen LogP contribution is -2.12. The van der Waals surface area contributed by atoms with Crippen LogP contribution in [0.2, 0.25) is 0 Å². The van der Waals surface area contributed by atoms with Gasteiger partial charge in [0.15, 0.2) is 5.16 Å². The number of fused-ring (bicyclic) bond motifs is 1. The van der Waals surface area contributed by atoms with E-state index in [-0.39, 0.29) is 5.75 Å². The van der Waals surface area contributed by atoms with Crippen LogP contribution in [0.15, 0.2) is 102 Å². The molecule has 5 aromatic rings. The number of hydrogen-bond acceptors (Lipinski definition) is 4. The van der Waals surface area contributed by atoms with Crippen molar-refractivity contribution in [2.24, 2.45) is 7.05 Å². The summed E-state index contributed by atoms with van der Waals surface area (Å²) in [4.78, 5) is 4.31. The molecule has 32 heavy (non-hydrogen) atoms. The zero-order valence-corrected chi connectivity index (χ0v) is 18.3. The van der Waals surface area contributed by atoms with Crippen molar-refractivity contribution in [1.82, 2.24) is 24.5 Å². The Kier molecular flexibility index (Phi) is 5.47. The van der Waals surface area contributed by atoms with Gasteiger partial charge >= 0.3 is 0 Å². The number of para-hydroxylation sites is 1. The van der Waals surface area contributed by atoms with Crippen LogP contribution in [0, 0.1) is 0 Å². The van der Waals surface area contributed by atoms with E-state index in [1.54, 1.807) is 10.8 Å². The quantitative estimate of drug-likeness (QED) is 0.368. The number of nitrogens with zero attached hydrogens (tertiary/aromatic N) is 5. The summed E-state index contributed by atoms with van der Waals surface area (Å²) < 4.78 is 17.1. The number of aromatic nitrogens is 5. The minimum absolute atomic E-state index is 0.285. The summed E-state index contributed by atoms with van der Waals surface area (Å²) >= 11 is 0. The zero-order valence-electron chi connectivity index (χ0n) is 17.5. The summed E-state index contributed by atoms with van der Waals surface area (Å²) in [6, 6.07) is 27.9. The second-order valence-corrected chi connectivity index (χ2v) is 8.70. The molecule has 2 aromatic heterocycles. The maximum Gasteiger partial charge on any atom is 0.199 e. The molecule has 0 amide bonds. The molecule has 1 unspecified atom stereocenters. The summed E-state index contributed by atoms with van der Waals surface area (Å²) in [6.45, 7) is 0. The smallest absolute Gasteiger partial charge is 0.199 e. The van der Waals surface area contributed by atoms with Crippen molar-refractivity contribution in [2.75, 3.05) is 5.75 Å². The Labute approximate surface area is 188 Å². The highest BCUT2D eigenvalue weighted by molar-refractivity contribution is 7.85. The molecular weight excluding hydrogens is 418 g/mol. The standard InChI is InChI=1S/C25H21N5OS/c1-29-17-16-26-25(29)32(31)18-21(19-10-4-2-5-11-19)24(20-12-6-3-7-13-20)30-23-15-9-8-14-22(23)27-28-30/h2-17H,18H2,1H3. The average Bonchev–Trinajstić information content (AvgIpc) is 3.46. The number of imidazole rings is 1. The number of rotatable bonds is 6. The van der Waals surface area contributed by atoms with Gasteiger partial charge in [-0.15, -0.1) is 5.10 Å². The molecule has 0 aliphatic carbocycles. The van der Waals surface area contributed by atoms with E-state index in [1.807, 2.05) is 103 Å². The molecule has 0 bridgehead atoms. The van der Waals surface area contributed by atoms with Crippen LogP contribution >= 0.6 is 0 Å². The number of hydrogen-bond donors (Lipinski definition) is 0. The lowest BCUT2D eigenvalue weighted by molar-refractivity contribution is 0.667. The molecule has 1 atom stereocenters. The van der Waals surface area contributed by atoms with E-state index in [0.29, 0.717) is 5.16 Å². The zero-order chi connectivity index (χ0) is 21.9. The van der Waals surface area contributed by atoms with Crippen molar-refractivity contribution in [3.8, 4) is 0 Å². The second-order valence-electron chi connectivity index (χ2n) is 7.36. The Morgan fingerprint density at radius 1 is 0.875 bits per heavy atom. The molecule has 5 rings (SSSR count). The third-order valence-electron chi connectivity index (χ3n) is 5.27. The summed E-state index contributed by atoms with van der Waals surface area (Å²) in [7, 11) is 0.505. The van der Waals surface area contributed by atoms with Crippen molar-refractivity contribution < 1.29 is 4.21 Å². The number of benzene rings is 3. The molecule has 3 aromatic carbocycles. The summed E-state index contributed by atoms with van der Waals surface area (Å²) in [5.41, 5.74) is 5.41. The topological polar surface area (TPSA) is 65.6 Å². The van der Waals surface area contributed by atoms with Gasteiger partial charge in [-0.05, 0) is 23.3 Å². The highest BCUT2D eigenvalue weighted by Crippen LogP contribution is 2.31. The van der Waals surface area contributed by atoms with Crippen LogP contribution < -0.4 is 0 Å². The van der Waals surface area contributed by atoms with Gasteiger partial charge < -0.3 is 4.57 Å². The Morgan fingerprint density at radius 3 is 2.22 bits per heavy atom. The Balaban J connectivity index is 1.79. The average molecular weight is 440 g/mol. The molecule has 0 aliphatic rings. The molecule has 0 saturated heterocycles. The van der Waals surface area contributed by atoms with E-state index in [4.69, 9.17) is 0 Å². The van der Waals surface area contributed by atoms with Crippen LogP contribution in [0.1, 0.15) is 11.1 Å². The van der Waals surface area contributed by atoms with Crippen molar-refractivity contribution in [2.45, 2.75) is 5.16 Å². The SMILES string of the molecule is Cn1ccnc1S(=O)CC(=C(c1ccccc1)n1nnc2ccccc21)c1ccccc1. The highest BCUT2D eigenvalue weighted by atomic mass is 32.2. The van der Waals surface area contributed by atoms with Gasteiger partial charge in [0.1, 0.15) is 5.52 Å². The Bertz CT molecular complexity index is 1420. The van der Waals surface area contributed by atoms with E-state index < -0.39 is 10.8 Å². The maximum atomic E-state index is 13.4. The third-order valence-corrected chi connectivity index (χ3v) is 6.63. The molecule has 2 heterocycles. The molecule has 0 spiro atoms. The lowest BCUT2D eigenvalue weighted by Gasteiger charge is -2.17. The first-order chi connectivity index (χ1) is 15.7. The van der Waals surface area contributed by atoms with Gasteiger partial charge in [0.25, 0.3) is 0 Å². The highest BCUT2D eigenvalue weighted by Gasteiger charge is 2.21. The van der Waals surface area contributed by atoms with E-state index in [1.165, 1.54) is 0 Å². The van der Waals surface area contributed by atoms with E-state index >= 15 is 0 Å². The van der Waals surface area contributed by atoms with E-state index in [9.17, 15) is 4.21 Å². The first kappa shape index (κ1) is 20.1. The van der Waals surface area contributed by atoms with Gasteiger partial charge in [-0.3, -0.25) is 4.21 Å². The van der Waals surface area contributed by atoms with Gasteiger partial charge in [0, 0.05) is 25.0 Å². The van der Waals surface area contributed by atoms with Crippen LogP contribution in [-0.4, -0.2) is 34.5 Å². The summed E-state index contributed by atoms with van der Waals surface area (Å²) in [6.07, 6.45) is 3.48. The minimum Gasteiger partial charge on any atom is -0.327 e. The molecular formula is C25H21N5OS. The van der Waals surface area contributed by atoms with E-state index in [0.717, 1.165) is 33.4 Å². The van der Waals surface area contributed by atoms with Gasteiger partial charge in [-0.1, -0.05) is 78.0 Å². The predicted octanol–water partition coefficient (Wildman–Crippen LogP) is 4.39. The fraction of sp³-hybridized carbons (Fsp3) is 0.0800. The van der Waals surface area contributed by atoms with E-state index in [2.05, 4.69) is 15.3 Å². The monoisotopic (exact) mass is 439 g/mol. The lowest BCUT2D eigenvalue weighted by atomic mass is 10.0. The van der Waals surface area contributed by atoms with Crippen LogP contribution in [-0.2, 0) is 17.8 Å². The van der Waals surface area contributed by atoms with Crippen LogP contribution in [0.5, 0.6) is 0 Å². The fourth-order valence-corrected chi connectivity index (χ4v) is 5.00. The maximum absolute atomic E-state index is 13.4. The van der Waals surface area contributed by atoms with Crippen molar-refractivity contribution in [3.63, 3.8) is 0 Å². The largest absolute Gasteiger partial charge is 0.327 e. The molecule has 0 saturated carbocycles. The van der Waals surface area contributed by atoms with Gasteiger partial charge in [0.05, 0.1) is 27.8 Å². The second kappa shape index (κ2) is 8.72. The van der Waals surface area contributed by atoms with Gasteiger partial charge in [-0.2, -0.15) is 0 Å². The van der Waals surface area contributed by atoms with Crippen molar-refractivity contribution >= 4 is 33.1 Å².